The summed E-state index contributed by atoms with van der Waals surface area (Å²) in [5, 5.41) is 9.48. The lowest BCUT2D eigenvalue weighted by Crippen LogP contribution is -2.27. The maximum atomic E-state index is 11.4. The van der Waals surface area contributed by atoms with Crippen molar-refractivity contribution in [2.75, 3.05) is 7.11 Å². The zero-order chi connectivity index (χ0) is 13.0. The van der Waals surface area contributed by atoms with Crippen molar-refractivity contribution in [1.82, 2.24) is 0 Å². The van der Waals surface area contributed by atoms with E-state index < -0.39 is 0 Å². The van der Waals surface area contributed by atoms with Gasteiger partial charge in [0, 0.05) is 0 Å². The first-order chi connectivity index (χ1) is 8.72. The smallest absolute Gasteiger partial charge is 0.337 e. The molecule has 0 bridgehead atoms. The van der Waals surface area contributed by atoms with Crippen LogP contribution in [0.5, 0.6) is 0 Å². The highest BCUT2D eigenvalue weighted by molar-refractivity contribution is 5.89. The van der Waals surface area contributed by atoms with Crippen LogP contribution in [0, 0.1) is 11.3 Å². The van der Waals surface area contributed by atoms with Crippen molar-refractivity contribution >= 4 is 5.97 Å². The molecule has 0 saturated heterocycles. The summed E-state index contributed by atoms with van der Waals surface area (Å²) in [6.07, 6.45) is 5.25. The Balaban J connectivity index is 2.28. The Morgan fingerprint density at radius 1 is 1.22 bits per heavy atom. The standard InChI is InChI=1S/C15H17NO2/c1-18-14(17)12-5-7-13(8-6-12)15(11-16)9-3-2-4-10-15/h5-8H,2-4,9-10H2,1H3. The first-order valence-electron chi connectivity index (χ1n) is 6.32. The van der Waals surface area contributed by atoms with Crippen molar-refractivity contribution in [3.8, 4) is 6.07 Å². The third kappa shape index (κ3) is 2.24. The second-order valence-corrected chi connectivity index (χ2v) is 4.82. The van der Waals surface area contributed by atoms with Crippen LogP contribution in [-0.2, 0) is 10.2 Å². The number of carbonyl (C=O) groups is 1. The lowest BCUT2D eigenvalue weighted by Gasteiger charge is -2.31. The van der Waals surface area contributed by atoms with E-state index >= 15 is 0 Å². The maximum absolute atomic E-state index is 11.4. The Morgan fingerprint density at radius 2 is 1.83 bits per heavy atom. The average molecular weight is 243 g/mol. The van der Waals surface area contributed by atoms with Crippen LogP contribution in [0.2, 0.25) is 0 Å². The molecule has 0 N–H and O–H groups in total. The molecule has 18 heavy (non-hydrogen) atoms. The first-order valence-corrected chi connectivity index (χ1v) is 6.32. The van der Waals surface area contributed by atoms with E-state index in [0.29, 0.717) is 5.56 Å². The number of hydrogen-bond acceptors (Lipinski definition) is 3. The predicted molar refractivity (Wildman–Crippen MR) is 68.2 cm³/mol. The van der Waals surface area contributed by atoms with E-state index in [9.17, 15) is 10.1 Å². The van der Waals surface area contributed by atoms with Crippen molar-refractivity contribution in [2.45, 2.75) is 37.5 Å². The monoisotopic (exact) mass is 243 g/mol. The average Bonchev–Trinajstić information content (AvgIpc) is 2.47. The first kappa shape index (κ1) is 12.6. The van der Waals surface area contributed by atoms with Gasteiger partial charge in [0.25, 0.3) is 0 Å². The highest BCUT2D eigenvalue weighted by Gasteiger charge is 2.33. The van der Waals surface area contributed by atoms with Crippen LogP contribution in [0.25, 0.3) is 0 Å². The molecule has 0 atom stereocenters. The number of nitrogens with zero attached hydrogens (tertiary/aromatic N) is 1. The van der Waals surface area contributed by atoms with Crippen molar-refractivity contribution < 1.29 is 9.53 Å². The minimum absolute atomic E-state index is 0.337. The molecule has 94 valence electrons. The molecule has 1 aromatic carbocycles. The molecule has 0 radical (unpaired) electrons. The van der Waals surface area contributed by atoms with Crippen LogP contribution in [0.3, 0.4) is 0 Å². The summed E-state index contributed by atoms with van der Waals surface area (Å²) in [6.45, 7) is 0. The molecule has 1 saturated carbocycles. The molecule has 1 aromatic rings. The molecule has 0 aliphatic heterocycles. The van der Waals surface area contributed by atoms with Gasteiger partial charge in [0.2, 0.25) is 0 Å². The molecular formula is C15H17NO2. The summed E-state index contributed by atoms with van der Waals surface area (Å²) in [5.41, 5.74) is 1.20. The van der Waals surface area contributed by atoms with Gasteiger partial charge in [-0.2, -0.15) is 5.26 Å². The highest BCUT2D eigenvalue weighted by atomic mass is 16.5. The van der Waals surface area contributed by atoms with Crippen LogP contribution >= 0.6 is 0 Å². The van der Waals surface area contributed by atoms with E-state index in [-0.39, 0.29) is 11.4 Å². The van der Waals surface area contributed by atoms with Crippen LogP contribution in [-0.4, -0.2) is 13.1 Å². The summed E-state index contributed by atoms with van der Waals surface area (Å²) >= 11 is 0. The van der Waals surface area contributed by atoms with Crippen LogP contribution in [0.15, 0.2) is 24.3 Å². The van der Waals surface area contributed by atoms with E-state index in [1.165, 1.54) is 13.5 Å². The quantitative estimate of drug-likeness (QED) is 0.749. The Kier molecular flexibility index (Phi) is 3.66. The third-order valence-corrected chi connectivity index (χ3v) is 3.78. The highest BCUT2D eigenvalue weighted by Crippen LogP contribution is 2.38. The van der Waals surface area contributed by atoms with Gasteiger partial charge in [0.1, 0.15) is 0 Å². The molecule has 0 unspecified atom stereocenters. The minimum Gasteiger partial charge on any atom is -0.465 e. The summed E-state index contributed by atoms with van der Waals surface area (Å²) < 4.78 is 4.67. The summed E-state index contributed by atoms with van der Waals surface area (Å²) in [6, 6.07) is 9.75. The van der Waals surface area contributed by atoms with Gasteiger partial charge in [-0.25, -0.2) is 4.79 Å². The number of carbonyl (C=O) groups excluding carboxylic acids is 1. The number of rotatable bonds is 2. The van der Waals surface area contributed by atoms with Gasteiger partial charge in [0.05, 0.1) is 24.2 Å². The van der Waals surface area contributed by atoms with Gasteiger partial charge in [-0.1, -0.05) is 31.4 Å². The lowest BCUT2D eigenvalue weighted by molar-refractivity contribution is 0.0600. The molecule has 1 fully saturated rings. The Bertz CT molecular complexity index is 464. The Morgan fingerprint density at radius 3 is 2.33 bits per heavy atom. The van der Waals surface area contributed by atoms with Gasteiger partial charge < -0.3 is 4.74 Å². The van der Waals surface area contributed by atoms with E-state index in [2.05, 4.69) is 10.8 Å². The van der Waals surface area contributed by atoms with Crippen LogP contribution in [0.4, 0.5) is 0 Å². The SMILES string of the molecule is COC(=O)c1ccc(C2(C#N)CCCCC2)cc1. The number of hydrogen-bond donors (Lipinski definition) is 0. The fourth-order valence-corrected chi connectivity index (χ4v) is 2.66. The largest absolute Gasteiger partial charge is 0.465 e. The fraction of sp³-hybridized carbons (Fsp3) is 0.467. The molecule has 0 aromatic heterocycles. The topological polar surface area (TPSA) is 50.1 Å². The molecule has 3 nitrogen and oxygen atoms in total. The number of ether oxygens (including phenoxy) is 1. The molecule has 2 rings (SSSR count). The molecule has 0 spiro atoms. The lowest BCUT2D eigenvalue weighted by atomic mass is 9.70. The van der Waals surface area contributed by atoms with Crippen LogP contribution in [0.1, 0.15) is 48.0 Å². The number of nitriles is 1. The number of esters is 1. The van der Waals surface area contributed by atoms with E-state index in [4.69, 9.17) is 0 Å². The fourth-order valence-electron chi connectivity index (χ4n) is 2.66. The van der Waals surface area contributed by atoms with E-state index in [1.807, 2.05) is 12.1 Å². The second kappa shape index (κ2) is 5.22. The predicted octanol–water partition coefficient (Wildman–Crippen LogP) is 3.20. The molecule has 1 aliphatic rings. The zero-order valence-corrected chi connectivity index (χ0v) is 10.6. The molecule has 1 aliphatic carbocycles. The Labute approximate surface area is 107 Å². The van der Waals surface area contributed by atoms with Gasteiger partial charge in [-0.15, -0.1) is 0 Å². The van der Waals surface area contributed by atoms with Crippen molar-refractivity contribution in [2.24, 2.45) is 0 Å². The summed E-state index contributed by atoms with van der Waals surface area (Å²) in [7, 11) is 1.37. The minimum atomic E-state index is -0.354. The number of benzene rings is 1. The van der Waals surface area contributed by atoms with Crippen molar-refractivity contribution in [3.63, 3.8) is 0 Å². The van der Waals surface area contributed by atoms with Crippen molar-refractivity contribution in [3.05, 3.63) is 35.4 Å². The van der Waals surface area contributed by atoms with Gasteiger partial charge in [-0.3, -0.25) is 0 Å². The molecule has 3 heteroatoms. The Hall–Kier alpha value is -1.82. The van der Waals surface area contributed by atoms with Crippen molar-refractivity contribution in [1.29, 1.82) is 5.26 Å². The van der Waals surface area contributed by atoms with E-state index in [1.54, 1.807) is 12.1 Å². The zero-order valence-electron chi connectivity index (χ0n) is 10.6. The van der Waals surface area contributed by atoms with E-state index in [0.717, 1.165) is 31.2 Å². The van der Waals surface area contributed by atoms with Gasteiger partial charge in [0.15, 0.2) is 0 Å². The number of methoxy groups -OCH3 is 1. The van der Waals surface area contributed by atoms with Gasteiger partial charge >= 0.3 is 5.97 Å². The summed E-state index contributed by atoms with van der Waals surface area (Å²) in [4.78, 5) is 11.4. The normalized spacial score (nSPS) is 17.8. The van der Waals surface area contributed by atoms with Gasteiger partial charge in [-0.05, 0) is 30.5 Å². The second-order valence-electron chi connectivity index (χ2n) is 4.82. The van der Waals surface area contributed by atoms with Crippen LogP contribution < -0.4 is 0 Å². The third-order valence-electron chi connectivity index (χ3n) is 3.78. The molecule has 0 amide bonds. The molecule has 0 heterocycles. The molecular weight excluding hydrogens is 226 g/mol. The maximum Gasteiger partial charge on any atom is 0.337 e. The summed E-state index contributed by atoms with van der Waals surface area (Å²) in [5.74, 6) is -0.337.